The van der Waals surface area contributed by atoms with Gasteiger partial charge < -0.3 is 10.2 Å². The van der Waals surface area contributed by atoms with Crippen LogP contribution in [-0.4, -0.2) is 36.5 Å². The highest BCUT2D eigenvalue weighted by Gasteiger charge is 2.28. The van der Waals surface area contributed by atoms with E-state index >= 15 is 0 Å². The van der Waals surface area contributed by atoms with E-state index < -0.39 is 0 Å². The number of nitrogens with zero attached hydrogens (tertiary/aromatic N) is 1. The Balaban J connectivity index is 2.15. The zero-order valence-electron chi connectivity index (χ0n) is 11.2. The lowest BCUT2D eigenvalue weighted by molar-refractivity contribution is -0.135. The second-order valence-electron chi connectivity index (χ2n) is 4.96. The monoisotopic (exact) mass is 246 g/mol. The first-order valence-electron chi connectivity index (χ1n) is 6.80. The molecule has 1 aliphatic heterocycles. The number of rotatable bonds is 3. The summed E-state index contributed by atoms with van der Waals surface area (Å²) >= 11 is 0. The third-order valence-corrected chi connectivity index (χ3v) is 3.69. The molecule has 1 amide bonds. The molecular weight excluding hydrogens is 224 g/mol. The van der Waals surface area contributed by atoms with Crippen molar-refractivity contribution in [2.45, 2.75) is 32.2 Å². The van der Waals surface area contributed by atoms with Crippen molar-refractivity contribution in [2.24, 2.45) is 0 Å². The average molecular weight is 246 g/mol. The maximum Gasteiger partial charge on any atom is 0.230 e. The molecule has 2 rings (SSSR count). The molecule has 1 aromatic rings. The van der Waals surface area contributed by atoms with Crippen LogP contribution >= 0.6 is 0 Å². The Hall–Kier alpha value is -1.35. The molecule has 1 aromatic carbocycles. The van der Waals surface area contributed by atoms with Crippen molar-refractivity contribution in [3.63, 3.8) is 0 Å². The number of carbonyl (C=O) groups excluding carboxylic acids is 1. The Kier molecular flexibility index (Phi) is 4.37. The van der Waals surface area contributed by atoms with Crippen LogP contribution in [0.4, 0.5) is 0 Å². The van der Waals surface area contributed by atoms with E-state index in [1.807, 2.05) is 23.1 Å². The van der Waals surface area contributed by atoms with E-state index in [2.05, 4.69) is 31.3 Å². The predicted octanol–water partition coefficient (Wildman–Crippen LogP) is 2.00. The molecule has 0 aliphatic carbocycles. The molecule has 3 heteroatoms. The maximum absolute atomic E-state index is 12.6. The van der Waals surface area contributed by atoms with Gasteiger partial charge in [0.05, 0.1) is 5.92 Å². The van der Waals surface area contributed by atoms with E-state index in [0.717, 1.165) is 31.6 Å². The summed E-state index contributed by atoms with van der Waals surface area (Å²) in [7, 11) is 0. The summed E-state index contributed by atoms with van der Waals surface area (Å²) in [4.78, 5) is 14.7. The molecular formula is C15H22N2O. The van der Waals surface area contributed by atoms with Crippen LogP contribution in [0.2, 0.25) is 0 Å². The second kappa shape index (κ2) is 6.01. The minimum atomic E-state index is 0.00625. The summed E-state index contributed by atoms with van der Waals surface area (Å²) in [5.74, 6) is 0.282. The molecule has 0 aromatic heterocycles. The van der Waals surface area contributed by atoms with E-state index in [-0.39, 0.29) is 11.8 Å². The second-order valence-corrected chi connectivity index (χ2v) is 4.96. The molecule has 2 atom stereocenters. The molecule has 0 spiro atoms. The Morgan fingerprint density at radius 2 is 2.17 bits per heavy atom. The number of hydrogen-bond acceptors (Lipinski definition) is 2. The molecule has 1 N–H and O–H groups in total. The van der Waals surface area contributed by atoms with Crippen molar-refractivity contribution in [3.8, 4) is 0 Å². The molecule has 98 valence electrons. The number of nitrogens with one attached hydrogen (secondary N) is 1. The Bertz CT molecular complexity index is 391. The van der Waals surface area contributed by atoms with Crippen LogP contribution in [0.3, 0.4) is 0 Å². The van der Waals surface area contributed by atoms with Crippen LogP contribution < -0.4 is 5.32 Å². The van der Waals surface area contributed by atoms with Gasteiger partial charge >= 0.3 is 0 Å². The van der Waals surface area contributed by atoms with Gasteiger partial charge in [0.2, 0.25) is 5.91 Å². The SMILES string of the molecule is CC[C@H](C(=O)N1CCNC[C@H]1C)c1ccccc1. The van der Waals surface area contributed by atoms with Gasteiger partial charge in [0.1, 0.15) is 0 Å². The lowest BCUT2D eigenvalue weighted by Crippen LogP contribution is -2.53. The fraction of sp³-hybridized carbons (Fsp3) is 0.533. The fourth-order valence-corrected chi connectivity index (χ4v) is 2.61. The molecule has 0 saturated carbocycles. The predicted molar refractivity (Wildman–Crippen MR) is 73.5 cm³/mol. The summed E-state index contributed by atoms with van der Waals surface area (Å²) < 4.78 is 0. The topological polar surface area (TPSA) is 32.3 Å². The van der Waals surface area contributed by atoms with E-state index in [0.29, 0.717) is 6.04 Å². The fourth-order valence-electron chi connectivity index (χ4n) is 2.61. The highest BCUT2D eigenvalue weighted by molar-refractivity contribution is 5.84. The number of benzene rings is 1. The largest absolute Gasteiger partial charge is 0.337 e. The zero-order valence-corrected chi connectivity index (χ0v) is 11.2. The highest BCUT2D eigenvalue weighted by atomic mass is 16.2. The third kappa shape index (κ3) is 2.72. The molecule has 0 unspecified atom stereocenters. The van der Waals surface area contributed by atoms with Crippen LogP contribution in [0.1, 0.15) is 31.7 Å². The number of carbonyl (C=O) groups is 1. The molecule has 1 heterocycles. The van der Waals surface area contributed by atoms with E-state index in [1.54, 1.807) is 0 Å². The van der Waals surface area contributed by atoms with E-state index in [1.165, 1.54) is 0 Å². The van der Waals surface area contributed by atoms with Gasteiger partial charge in [-0.05, 0) is 18.9 Å². The normalized spacial score (nSPS) is 21.7. The first kappa shape index (κ1) is 13.1. The van der Waals surface area contributed by atoms with E-state index in [4.69, 9.17) is 0 Å². The van der Waals surface area contributed by atoms with Crippen LogP contribution in [0, 0.1) is 0 Å². The first-order chi connectivity index (χ1) is 8.74. The highest BCUT2D eigenvalue weighted by Crippen LogP contribution is 2.23. The molecule has 1 saturated heterocycles. The molecule has 1 fully saturated rings. The molecule has 0 bridgehead atoms. The lowest BCUT2D eigenvalue weighted by Gasteiger charge is -2.36. The summed E-state index contributed by atoms with van der Waals surface area (Å²) in [6.07, 6.45) is 0.861. The van der Waals surface area contributed by atoms with Crippen molar-refractivity contribution in [2.75, 3.05) is 19.6 Å². The van der Waals surface area contributed by atoms with Gasteiger partial charge in [-0.25, -0.2) is 0 Å². The molecule has 0 radical (unpaired) electrons. The van der Waals surface area contributed by atoms with Gasteiger partial charge in [0, 0.05) is 25.7 Å². The van der Waals surface area contributed by atoms with Crippen molar-refractivity contribution in [1.29, 1.82) is 0 Å². The van der Waals surface area contributed by atoms with Crippen molar-refractivity contribution in [3.05, 3.63) is 35.9 Å². The van der Waals surface area contributed by atoms with Crippen molar-refractivity contribution >= 4 is 5.91 Å². The average Bonchev–Trinajstić information content (AvgIpc) is 2.41. The summed E-state index contributed by atoms with van der Waals surface area (Å²) in [6, 6.07) is 10.4. The summed E-state index contributed by atoms with van der Waals surface area (Å²) in [5.41, 5.74) is 1.13. The molecule has 1 aliphatic rings. The minimum absolute atomic E-state index is 0.00625. The third-order valence-electron chi connectivity index (χ3n) is 3.69. The molecule has 3 nitrogen and oxygen atoms in total. The summed E-state index contributed by atoms with van der Waals surface area (Å²) in [6.45, 7) is 6.83. The quantitative estimate of drug-likeness (QED) is 0.884. The number of amides is 1. The van der Waals surface area contributed by atoms with Crippen LogP contribution in [0.15, 0.2) is 30.3 Å². The first-order valence-corrected chi connectivity index (χ1v) is 6.80. The number of hydrogen-bond donors (Lipinski definition) is 1. The van der Waals surface area contributed by atoms with E-state index in [9.17, 15) is 4.79 Å². The smallest absolute Gasteiger partial charge is 0.230 e. The van der Waals surface area contributed by atoms with Gasteiger partial charge in [-0.1, -0.05) is 37.3 Å². The Morgan fingerprint density at radius 3 is 2.78 bits per heavy atom. The standard InChI is InChI=1S/C15H22N2O/c1-3-14(13-7-5-4-6-8-13)15(18)17-10-9-16-11-12(17)2/h4-8,12,14,16H,3,9-11H2,1-2H3/t12-,14+/m1/s1. The van der Waals surface area contributed by atoms with Crippen molar-refractivity contribution < 1.29 is 4.79 Å². The summed E-state index contributed by atoms with van der Waals surface area (Å²) in [5, 5.41) is 3.32. The molecule has 18 heavy (non-hydrogen) atoms. The lowest BCUT2D eigenvalue weighted by atomic mass is 9.94. The van der Waals surface area contributed by atoms with Gasteiger partial charge in [-0.3, -0.25) is 4.79 Å². The minimum Gasteiger partial charge on any atom is -0.337 e. The van der Waals surface area contributed by atoms with Crippen LogP contribution in [-0.2, 0) is 4.79 Å². The van der Waals surface area contributed by atoms with Gasteiger partial charge in [0.25, 0.3) is 0 Å². The van der Waals surface area contributed by atoms with Crippen LogP contribution in [0.5, 0.6) is 0 Å². The van der Waals surface area contributed by atoms with Gasteiger partial charge in [0.15, 0.2) is 0 Å². The van der Waals surface area contributed by atoms with Gasteiger partial charge in [-0.2, -0.15) is 0 Å². The van der Waals surface area contributed by atoms with Gasteiger partial charge in [-0.15, -0.1) is 0 Å². The zero-order chi connectivity index (χ0) is 13.0. The Labute approximate surface area is 109 Å². The maximum atomic E-state index is 12.6. The Morgan fingerprint density at radius 1 is 1.44 bits per heavy atom. The number of piperazine rings is 1. The van der Waals surface area contributed by atoms with Crippen molar-refractivity contribution in [1.82, 2.24) is 10.2 Å². The van der Waals surface area contributed by atoms with Crippen LogP contribution in [0.25, 0.3) is 0 Å².